The molecule has 0 aliphatic carbocycles. The van der Waals surface area contributed by atoms with E-state index >= 15 is 0 Å². The van der Waals surface area contributed by atoms with Gasteiger partial charge in [-0.15, -0.1) is 0 Å². The Balaban J connectivity index is 1.90. The highest BCUT2D eigenvalue weighted by molar-refractivity contribution is 6.42. The molecule has 0 unspecified atom stereocenters. The summed E-state index contributed by atoms with van der Waals surface area (Å²) in [6.07, 6.45) is 0.285. The summed E-state index contributed by atoms with van der Waals surface area (Å²) in [5.41, 5.74) is 0.916. The normalized spacial score (nSPS) is 19.7. The van der Waals surface area contributed by atoms with Crippen LogP contribution in [0.2, 0.25) is 10.0 Å². The van der Waals surface area contributed by atoms with E-state index in [-0.39, 0.29) is 6.10 Å². The Morgan fingerprint density at radius 2 is 2.21 bits per heavy atom. The third kappa shape index (κ3) is 2.61. The number of ether oxygens (including phenoxy) is 2. The molecule has 0 N–H and O–H groups in total. The molecule has 1 heterocycles. The fraction of sp³-hybridized carbons (Fsp3) is 0.400. The van der Waals surface area contributed by atoms with Gasteiger partial charge in [-0.05, 0) is 11.6 Å². The zero-order valence-corrected chi connectivity index (χ0v) is 9.02. The SMILES string of the molecule is Clc1cccc(COC[C@@H]2CO2)c1Cl. The third-order valence-electron chi connectivity index (χ3n) is 2.00. The van der Waals surface area contributed by atoms with Crippen LogP contribution < -0.4 is 0 Å². The maximum absolute atomic E-state index is 5.98. The van der Waals surface area contributed by atoms with E-state index < -0.39 is 0 Å². The van der Waals surface area contributed by atoms with Gasteiger partial charge in [0.2, 0.25) is 0 Å². The predicted molar refractivity (Wildman–Crippen MR) is 55.9 cm³/mol. The largest absolute Gasteiger partial charge is 0.374 e. The first-order valence-corrected chi connectivity index (χ1v) is 5.15. The highest BCUT2D eigenvalue weighted by Crippen LogP contribution is 2.26. The summed E-state index contributed by atoms with van der Waals surface area (Å²) in [5.74, 6) is 0. The Labute approximate surface area is 92.7 Å². The highest BCUT2D eigenvalue weighted by Gasteiger charge is 2.22. The van der Waals surface area contributed by atoms with Crippen LogP contribution in [-0.4, -0.2) is 19.3 Å². The average molecular weight is 233 g/mol. The molecular formula is C10H10Cl2O2. The first-order valence-electron chi connectivity index (χ1n) is 4.39. The first-order chi connectivity index (χ1) is 6.77. The lowest BCUT2D eigenvalue weighted by Crippen LogP contribution is -2.01. The molecule has 1 aliphatic heterocycles. The minimum Gasteiger partial charge on any atom is -0.374 e. The van der Waals surface area contributed by atoms with Gasteiger partial charge in [-0.3, -0.25) is 0 Å². The Morgan fingerprint density at radius 3 is 2.93 bits per heavy atom. The van der Waals surface area contributed by atoms with Gasteiger partial charge < -0.3 is 9.47 Å². The van der Waals surface area contributed by atoms with Crippen molar-refractivity contribution in [1.82, 2.24) is 0 Å². The second-order valence-electron chi connectivity index (χ2n) is 3.18. The van der Waals surface area contributed by atoms with Crippen molar-refractivity contribution in [3.63, 3.8) is 0 Å². The second kappa shape index (κ2) is 4.49. The molecule has 0 radical (unpaired) electrons. The van der Waals surface area contributed by atoms with Gasteiger partial charge in [0.05, 0.1) is 29.9 Å². The second-order valence-corrected chi connectivity index (χ2v) is 3.97. The minimum atomic E-state index is 0.285. The van der Waals surface area contributed by atoms with Crippen LogP contribution in [0.25, 0.3) is 0 Å². The summed E-state index contributed by atoms with van der Waals surface area (Å²) in [5, 5.41) is 1.14. The lowest BCUT2D eigenvalue weighted by Gasteiger charge is -2.05. The van der Waals surface area contributed by atoms with E-state index in [1.54, 1.807) is 6.07 Å². The molecule has 2 nitrogen and oxygen atoms in total. The highest BCUT2D eigenvalue weighted by atomic mass is 35.5. The van der Waals surface area contributed by atoms with Crippen LogP contribution in [0, 0.1) is 0 Å². The monoisotopic (exact) mass is 232 g/mol. The zero-order valence-electron chi connectivity index (χ0n) is 7.50. The molecule has 1 atom stereocenters. The smallest absolute Gasteiger partial charge is 0.104 e. The van der Waals surface area contributed by atoms with Crippen molar-refractivity contribution in [2.24, 2.45) is 0 Å². The average Bonchev–Trinajstić information content (AvgIpc) is 2.96. The topological polar surface area (TPSA) is 21.8 Å². The quantitative estimate of drug-likeness (QED) is 0.746. The van der Waals surface area contributed by atoms with Crippen molar-refractivity contribution >= 4 is 23.2 Å². The number of hydrogen-bond donors (Lipinski definition) is 0. The van der Waals surface area contributed by atoms with Crippen molar-refractivity contribution in [2.75, 3.05) is 13.2 Å². The number of epoxide rings is 1. The van der Waals surface area contributed by atoms with Crippen LogP contribution in [0.15, 0.2) is 18.2 Å². The molecule has 1 aliphatic rings. The lowest BCUT2D eigenvalue weighted by atomic mass is 10.2. The van der Waals surface area contributed by atoms with Gasteiger partial charge in [-0.1, -0.05) is 35.3 Å². The fourth-order valence-electron chi connectivity index (χ4n) is 1.12. The minimum absolute atomic E-state index is 0.285. The summed E-state index contributed by atoms with van der Waals surface area (Å²) in [6.45, 7) is 1.92. The van der Waals surface area contributed by atoms with Crippen LogP contribution in [0.4, 0.5) is 0 Å². The molecule has 1 aromatic rings. The molecule has 2 rings (SSSR count). The predicted octanol–water partition coefficient (Wildman–Crippen LogP) is 2.91. The molecular weight excluding hydrogens is 223 g/mol. The number of rotatable bonds is 4. The maximum atomic E-state index is 5.98. The Bertz CT molecular complexity index is 324. The summed E-state index contributed by atoms with van der Waals surface area (Å²) in [6, 6.07) is 5.53. The van der Waals surface area contributed by atoms with Gasteiger partial charge in [0.25, 0.3) is 0 Å². The van der Waals surface area contributed by atoms with Gasteiger partial charge in [-0.2, -0.15) is 0 Å². The third-order valence-corrected chi connectivity index (χ3v) is 2.85. The molecule has 1 fully saturated rings. The van der Waals surface area contributed by atoms with Crippen LogP contribution in [0.5, 0.6) is 0 Å². The van der Waals surface area contributed by atoms with E-state index in [2.05, 4.69) is 0 Å². The molecule has 14 heavy (non-hydrogen) atoms. The van der Waals surface area contributed by atoms with Crippen molar-refractivity contribution in [1.29, 1.82) is 0 Å². The van der Waals surface area contributed by atoms with Crippen LogP contribution in [-0.2, 0) is 16.1 Å². The van der Waals surface area contributed by atoms with E-state index in [0.29, 0.717) is 23.3 Å². The molecule has 0 spiro atoms. The first kappa shape index (κ1) is 10.2. The van der Waals surface area contributed by atoms with E-state index in [4.69, 9.17) is 32.7 Å². The van der Waals surface area contributed by atoms with Crippen LogP contribution in [0.1, 0.15) is 5.56 Å². The molecule has 0 saturated carbocycles. The molecule has 0 bridgehead atoms. The number of hydrogen-bond acceptors (Lipinski definition) is 2. The van der Waals surface area contributed by atoms with Gasteiger partial charge >= 0.3 is 0 Å². The van der Waals surface area contributed by atoms with Crippen molar-refractivity contribution in [2.45, 2.75) is 12.7 Å². The maximum Gasteiger partial charge on any atom is 0.104 e. The summed E-state index contributed by atoms with van der Waals surface area (Å²) < 4.78 is 10.4. The van der Waals surface area contributed by atoms with E-state index in [1.165, 1.54) is 0 Å². The Morgan fingerprint density at radius 1 is 1.43 bits per heavy atom. The number of benzene rings is 1. The Kier molecular flexibility index (Phi) is 3.29. The number of halogens is 2. The summed E-state index contributed by atoms with van der Waals surface area (Å²) in [4.78, 5) is 0. The van der Waals surface area contributed by atoms with Gasteiger partial charge in [0.1, 0.15) is 6.10 Å². The molecule has 76 valence electrons. The summed E-state index contributed by atoms with van der Waals surface area (Å²) >= 11 is 11.8. The van der Waals surface area contributed by atoms with Crippen molar-refractivity contribution in [3.8, 4) is 0 Å². The zero-order chi connectivity index (χ0) is 9.97. The van der Waals surface area contributed by atoms with Crippen LogP contribution >= 0.6 is 23.2 Å². The fourth-order valence-corrected chi connectivity index (χ4v) is 1.50. The van der Waals surface area contributed by atoms with Gasteiger partial charge in [-0.25, -0.2) is 0 Å². The molecule has 0 amide bonds. The van der Waals surface area contributed by atoms with Crippen molar-refractivity contribution < 1.29 is 9.47 Å². The van der Waals surface area contributed by atoms with Gasteiger partial charge in [0, 0.05) is 0 Å². The molecule has 0 aromatic heterocycles. The van der Waals surface area contributed by atoms with Gasteiger partial charge in [0.15, 0.2) is 0 Å². The molecule has 1 saturated heterocycles. The standard InChI is InChI=1S/C10H10Cl2O2/c11-9-3-1-2-7(10(9)12)4-13-5-8-6-14-8/h1-3,8H,4-6H2/t8-/m1/s1. The summed E-state index contributed by atoms with van der Waals surface area (Å²) in [7, 11) is 0. The van der Waals surface area contributed by atoms with E-state index in [1.807, 2.05) is 12.1 Å². The lowest BCUT2D eigenvalue weighted by molar-refractivity contribution is 0.104. The van der Waals surface area contributed by atoms with E-state index in [0.717, 1.165) is 12.2 Å². The molecule has 1 aromatic carbocycles. The van der Waals surface area contributed by atoms with E-state index in [9.17, 15) is 0 Å². The Hall–Kier alpha value is -0.280. The molecule has 4 heteroatoms. The van der Waals surface area contributed by atoms with Crippen LogP contribution in [0.3, 0.4) is 0 Å². The van der Waals surface area contributed by atoms with Crippen molar-refractivity contribution in [3.05, 3.63) is 33.8 Å².